The van der Waals surface area contributed by atoms with E-state index in [1.54, 1.807) is 12.1 Å². The van der Waals surface area contributed by atoms with Gasteiger partial charge in [-0.1, -0.05) is 23.7 Å². The first-order valence-electron chi connectivity index (χ1n) is 8.42. The van der Waals surface area contributed by atoms with Crippen LogP contribution >= 0.6 is 11.6 Å². The molecule has 5 heteroatoms. The number of piperidine rings is 1. The fourth-order valence-electron chi connectivity index (χ4n) is 3.17. The Morgan fingerprint density at radius 1 is 1.17 bits per heavy atom. The molecule has 1 fully saturated rings. The Morgan fingerprint density at radius 3 is 2.58 bits per heavy atom. The zero-order valence-electron chi connectivity index (χ0n) is 13.6. The minimum Gasteiger partial charge on any atom is -0.371 e. The van der Waals surface area contributed by atoms with Crippen molar-refractivity contribution in [2.24, 2.45) is 5.92 Å². The molecule has 0 atom stereocenters. The summed E-state index contributed by atoms with van der Waals surface area (Å²) >= 11 is 6.05. The average Bonchev–Trinajstić information content (AvgIpc) is 2.63. The van der Waals surface area contributed by atoms with E-state index in [9.17, 15) is 4.79 Å². The number of anilines is 1. The molecule has 24 heavy (non-hydrogen) atoms. The molecule has 126 valence electrons. The molecule has 1 aromatic heterocycles. The maximum absolute atomic E-state index is 12.1. The summed E-state index contributed by atoms with van der Waals surface area (Å²) in [5, 5.41) is 3.49. The van der Waals surface area contributed by atoms with E-state index in [0.29, 0.717) is 23.0 Å². The maximum Gasteiger partial charge on any atom is 0.252 e. The van der Waals surface area contributed by atoms with Gasteiger partial charge in [0.15, 0.2) is 0 Å². The molecule has 0 radical (unpaired) electrons. The Labute approximate surface area is 147 Å². The number of carbonyl (C=O) groups excluding carboxylic acids is 1. The molecule has 0 bridgehead atoms. The van der Waals surface area contributed by atoms with Crippen molar-refractivity contribution in [3.8, 4) is 0 Å². The molecule has 3 rings (SSSR count). The van der Waals surface area contributed by atoms with Gasteiger partial charge in [-0.2, -0.15) is 0 Å². The Morgan fingerprint density at radius 2 is 1.88 bits per heavy atom. The van der Waals surface area contributed by atoms with Crippen LogP contribution in [0.1, 0.15) is 29.6 Å². The number of carbonyl (C=O) groups is 1. The molecule has 1 N–H and O–H groups in total. The van der Waals surface area contributed by atoms with Crippen molar-refractivity contribution >= 4 is 23.2 Å². The number of halogens is 1. The topological polar surface area (TPSA) is 45.2 Å². The molecular weight excluding hydrogens is 322 g/mol. The van der Waals surface area contributed by atoms with Gasteiger partial charge < -0.3 is 10.2 Å². The lowest BCUT2D eigenvalue weighted by Gasteiger charge is -2.33. The minimum absolute atomic E-state index is 0.0881. The largest absolute Gasteiger partial charge is 0.371 e. The average molecular weight is 344 g/mol. The van der Waals surface area contributed by atoms with E-state index in [4.69, 9.17) is 11.6 Å². The summed E-state index contributed by atoms with van der Waals surface area (Å²) in [4.78, 5) is 18.6. The maximum atomic E-state index is 12.1. The monoisotopic (exact) mass is 343 g/mol. The number of nitrogens with one attached hydrogen (secondary N) is 1. The van der Waals surface area contributed by atoms with Crippen LogP contribution in [0.3, 0.4) is 0 Å². The van der Waals surface area contributed by atoms with Crippen LogP contribution in [0.25, 0.3) is 0 Å². The number of rotatable bonds is 5. The lowest BCUT2D eigenvalue weighted by Crippen LogP contribution is -2.35. The number of amides is 1. The molecule has 1 amide bonds. The summed E-state index contributed by atoms with van der Waals surface area (Å²) in [7, 11) is 0. The van der Waals surface area contributed by atoms with Crippen LogP contribution < -0.4 is 10.2 Å². The molecule has 4 nitrogen and oxygen atoms in total. The van der Waals surface area contributed by atoms with Crippen LogP contribution in [0, 0.1) is 5.92 Å². The Kier molecular flexibility index (Phi) is 5.70. The van der Waals surface area contributed by atoms with Gasteiger partial charge in [-0.15, -0.1) is 0 Å². The summed E-state index contributed by atoms with van der Waals surface area (Å²) < 4.78 is 0. The highest BCUT2D eigenvalue weighted by molar-refractivity contribution is 6.33. The van der Waals surface area contributed by atoms with Crippen LogP contribution in [0.5, 0.6) is 0 Å². The molecular formula is C19H22ClN3O. The van der Waals surface area contributed by atoms with Crippen LogP contribution in [0.4, 0.5) is 5.69 Å². The fraction of sp³-hybridized carbons (Fsp3) is 0.368. The summed E-state index contributed by atoms with van der Waals surface area (Å²) in [6.07, 6.45) is 7.01. The predicted octanol–water partition coefficient (Wildman–Crippen LogP) is 3.77. The van der Waals surface area contributed by atoms with Gasteiger partial charge in [-0.05, 0) is 49.4 Å². The fourth-order valence-corrected chi connectivity index (χ4v) is 3.39. The molecule has 0 spiro atoms. The second-order valence-corrected chi connectivity index (χ2v) is 6.57. The molecule has 1 aliphatic rings. The Balaban J connectivity index is 1.41. The van der Waals surface area contributed by atoms with E-state index in [2.05, 4.69) is 27.3 Å². The van der Waals surface area contributed by atoms with Crippen molar-refractivity contribution in [3.63, 3.8) is 0 Å². The molecule has 1 aliphatic heterocycles. The third-order valence-electron chi connectivity index (χ3n) is 4.60. The van der Waals surface area contributed by atoms with Crippen molar-refractivity contribution in [2.45, 2.75) is 19.3 Å². The SMILES string of the molecule is O=C(NCCC1CCN(c2ccncc2)CC1)c1ccccc1Cl. The van der Waals surface area contributed by atoms with Crippen molar-refractivity contribution in [3.05, 3.63) is 59.4 Å². The summed E-state index contributed by atoms with van der Waals surface area (Å²) in [6, 6.07) is 11.3. The van der Waals surface area contributed by atoms with E-state index in [0.717, 1.165) is 32.4 Å². The molecule has 2 heterocycles. The van der Waals surface area contributed by atoms with Gasteiger partial charge in [0.1, 0.15) is 0 Å². The van der Waals surface area contributed by atoms with Crippen molar-refractivity contribution in [2.75, 3.05) is 24.5 Å². The number of aromatic nitrogens is 1. The molecule has 2 aromatic rings. The zero-order chi connectivity index (χ0) is 16.8. The standard InChI is InChI=1S/C19H22ClN3O/c20-18-4-2-1-3-17(18)19(24)22-12-5-15-8-13-23(14-9-15)16-6-10-21-11-7-16/h1-4,6-7,10-11,15H,5,8-9,12-14H2,(H,22,24). The van der Waals surface area contributed by atoms with E-state index < -0.39 is 0 Å². The first kappa shape index (κ1) is 16.8. The molecule has 0 aliphatic carbocycles. The second kappa shape index (κ2) is 8.15. The Bertz CT molecular complexity index is 669. The summed E-state index contributed by atoms with van der Waals surface area (Å²) in [5.41, 5.74) is 1.79. The first-order valence-corrected chi connectivity index (χ1v) is 8.79. The zero-order valence-corrected chi connectivity index (χ0v) is 14.4. The molecule has 0 saturated carbocycles. The van der Waals surface area contributed by atoms with Crippen LogP contribution in [0.2, 0.25) is 5.02 Å². The van der Waals surface area contributed by atoms with Crippen molar-refractivity contribution in [1.29, 1.82) is 0 Å². The van der Waals surface area contributed by atoms with E-state index in [-0.39, 0.29) is 5.91 Å². The van der Waals surface area contributed by atoms with Crippen molar-refractivity contribution in [1.82, 2.24) is 10.3 Å². The normalized spacial score (nSPS) is 15.3. The third-order valence-corrected chi connectivity index (χ3v) is 4.93. The number of hydrogen-bond donors (Lipinski definition) is 1. The smallest absolute Gasteiger partial charge is 0.252 e. The molecule has 1 aromatic carbocycles. The number of benzene rings is 1. The van der Waals surface area contributed by atoms with Crippen LogP contribution in [-0.4, -0.2) is 30.5 Å². The molecule has 0 unspecified atom stereocenters. The minimum atomic E-state index is -0.0881. The van der Waals surface area contributed by atoms with Gasteiger partial charge in [-0.25, -0.2) is 0 Å². The lowest BCUT2D eigenvalue weighted by atomic mass is 9.93. The van der Waals surface area contributed by atoms with Gasteiger partial charge in [0.05, 0.1) is 10.6 Å². The van der Waals surface area contributed by atoms with Crippen LogP contribution in [-0.2, 0) is 0 Å². The van der Waals surface area contributed by atoms with E-state index in [1.165, 1.54) is 5.69 Å². The highest BCUT2D eigenvalue weighted by atomic mass is 35.5. The third kappa shape index (κ3) is 4.26. The highest BCUT2D eigenvalue weighted by Crippen LogP contribution is 2.24. The number of pyridine rings is 1. The number of nitrogens with zero attached hydrogens (tertiary/aromatic N) is 2. The quantitative estimate of drug-likeness (QED) is 0.898. The van der Waals surface area contributed by atoms with Crippen molar-refractivity contribution < 1.29 is 4.79 Å². The predicted molar refractivity (Wildman–Crippen MR) is 97.6 cm³/mol. The van der Waals surface area contributed by atoms with E-state index in [1.807, 2.05) is 24.5 Å². The van der Waals surface area contributed by atoms with Gasteiger partial charge in [0.2, 0.25) is 0 Å². The Hall–Kier alpha value is -2.07. The highest BCUT2D eigenvalue weighted by Gasteiger charge is 2.19. The van der Waals surface area contributed by atoms with Gasteiger partial charge in [0.25, 0.3) is 5.91 Å². The summed E-state index contributed by atoms with van der Waals surface area (Å²) in [6.45, 7) is 2.82. The molecule has 1 saturated heterocycles. The van der Waals surface area contributed by atoms with Gasteiger partial charge in [0, 0.05) is 37.7 Å². The summed E-state index contributed by atoms with van der Waals surface area (Å²) in [5.74, 6) is 0.574. The van der Waals surface area contributed by atoms with Crippen LogP contribution in [0.15, 0.2) is 48.8 Å². The van der Waals surface area contributed by atoms with E-state index >= 15 is 0 Å². The van der Waals surface area contributed by atoms with Gasteiger partial charge >= 0.3 is 0 Å². The second-order valence-electron chi connectivity index (χ2n) is 6.16. The lowest BCUT2D eigenvalue weighted by molar-refractivity contribution is 0.0951. The van der Waals surface area contributed by atoms with Gasteiger partial charge in [-0.3, -0.25) is 9.78 Å². The first-order chi connectivity index (χ1) is 11.7. The number of hydrogen-bond acceptors (Lipinski definition) is 3.